The van der Waals surface area contributed by atoms with Gasteiger partial charge in [0.2, 0.25) is 0 Å². The van der Waals surface area contributed by atoms with E-state index in [1.165, 1.54) is 0 Å². The van der Waals surface area contributed by atoms with Crippen LogP contribution in [0.25, 0.3) is 0 Å². The van der Waals surface area contributed by atoms with Crippen LogP contribution in [-0.2, 0) is 10.2 Å². The normalized spacial score (nSPS) is 15.2. The summed E-state index contributed by atoms with van der Waals surface area (Å²) in [5.74, 6) is 5.89. The molecular formula is C13H20N4O2. The fourth-order valence-corrected chi connectivity index (χ4v) is 2.01. The lowest BCUT2D eigenvalue weighted by Gasteiger charge is -2.31. The first-order valence-corrected chi connectivity index (χ1v) is 6.21. The van der Waals surface area contributed by atoms with Crippen molar-refractivity contribution in [3.8, 4) is 5.75 Å². The summed E-state index contributed by atoms with van der Waals surface area (Å²) >= 11 is 0. The van der Waals surface area contributed by atoms with Gasteiger partial charge in [0.15, 0.2) is 6.61 Å². The minimum Gasteiger partial charge on any atom is -0.482 e. The molecule has 0 bridgehead atoms. The number of carbonyl (C=O) groups excluding carboxylic acids is 1. The lowest BCUT2D eigenvalue weighted by Crippen LogP contribution is -2.46. The van der Waals surface area contributed by atoms with E-state index in [1.54, 1.807) is 4.90 Å². The van der Waals surface area contributed by atoms with E-state index in [4.69, 9.17) is 16.3 Å². The second kappa shape index (κ2) is 5.16. The summed E-state index contributed by atoms with van der Waals surface area (Å²) < 4.78 is 5.42. The van der Waals surface area contributed by atoms with Crippen molar-refractivity contribution in [1.29, 1.82) is 0 Å². The smallest absolute Gasteiger partial charge is 0.266 e. The van der Waals surface area contributed by atoms with Gasteiger partial charge in [0, 0.05) is 12.0 Å². The lowest BCUT2D eigenvalue weighted by molar-refractivity contribution is -0.121. The van der Waals surface area contributed by atoms with Gasteiger partial charge < -0.3 is 10.5 Å². The minimum atomic E-state index is -0.155. The van der Waals surface area contributed by atoms with E-state index < -0.39 is 0 Å². The second-order valence-electron chi connectivity index (χ2n) is 5.24. The van der Waals surface area contributed by atoms with Crippen LogP contribution in [0.3, 0.4) is 0 Å². The van der Waals surface area contributed by atoms with Gasteiger partial charge in [0.05, 0.1) is 12.4 Å². The molecule has 104 valence electrons. The molecule has 1 aliphatic heterocycles. The molecule has 0 atom stereocenters. The monoisotopic (exact) mass is 264 g/mol. The van der Waals surface area contributed by atoms with Crippen molar-refractivity contribution in [2.45, 2.75) is 19.3 Å². The molecule has 1 aromatic carbocycles. The number of hydrogen-bond acceptors (Lipinski definition) is 5. The predicted octanol–water partition coefficient (Wildman–Crippen LogP) is 0.0691. The third kappa shape index (κ3) is 2.56. The second-order valence-corrected chi connectivity index (χ2v) is 5.24. The van der Waals surface area contributed by atoms with Crippen molar-refractivity contribution < 1.29 is 9.53 Å². The number of anilines is 1. The Morgan fingerprint density at radius 3 is 2.84 bits per heavy atom. The molecule has 1 aliphatic rings. The zero-order chi connectivity index (χ0) is 14.0. The zero-order valence-corrected chi connectivity index (χ0v) is 11.3. The Hall–Kier alpha value is -1.63. The van der Waals surface area contributed by atoms with Crippen molar-refractivity contribution in [2.24, 2.45) is 11.6 Å². The summed E-state index contributed by atoms with van der Waals surface area (Å²) in [4.78, 5) is 13.4. The largest absolute Gasteiger partial charge is 0.482 e. The Morgan fingerprint density at radius 2 is 2.21 bits per heavy atom. The van der Waals surface area contributed by atoms with E-state index in [9.17, 15) is 4.79 Å². The minimum absolute atomic E-state index is 0.0360. The highest BCUT2D eigenvalue weighted by Crippen LogP contribution is 2.35. The van der Waals surface area contributed by atoms with E-state index in [0.29, 0.717) is 12.3 Å². The summed E-state index contributed by atoms with van der Waals surface area (Å²) in [7, 11) is 0. The van der Waals surface area contributed by atoms with Crippen molar-refractivity contribution in [3.63, 3.8) is 0 Å². The van der Waals surface area contributed by atoms with Gasteiger partial charge in [-0.15, -0.1) is 0 Å². The van der Waals surface area contributed by atoms with Gasteiger partial charge in [0.1, 0.15) is 5.75 Å². The third-order valence-corrected chi connectivity index (χ3v) is 3.44. The number of benzene rings is 1. The van der Waals surface area contributed by atoms with Crippen molar-refractivity contribution in [1.82, 2.24) is 5.43 Å². The molecule has 5 N–H and O–H groups in total. The van der Waals surface area contributed by atoms with Crippen LogP contribution < -0.4 is 26.6 Å². The van der Waals surface area contributed by atoms with Gasteiger partial charge in [-0.25, -0.2) is 5.43 Å². The quantitative estimate of drug-likeness (QED) is 0.528. The first-order valence-electron chi connectivity index (χ1n) is 6.21. The Labute approximate surface area is 112 Å². The molecule has 6 nitrogen and oxygen atoms in total. The van der Waals surface area contributed by atoms with E-state index in [0.717, 1.165) is 11.3 Å². The summed E-state index contributed by atoms with van der Waals surface area (Å²) in [6, 6.07) is 5.80. The number of nitrogens with one attached hydrogen (secondary N) is 1. The summed E-state index contributed by atoms with van der Waals surface area (Å²) in [6.07, 6.45) is 0. The van der Waals surface area contributed by atoms with Crippen LogP contribution in [0.1, 0.15) is 19.4 Å². The highest BCUT2D eigenvalue weighted by molar-refractivity contribution is 5.97. The fraction of sp³-hybridized carbons (Fsp3) is 0.462. The third-order valence-electron chi connectivity index (χ3n) is 3.44. The first-order chi connectivity index (χ1) is 8.99. The maximum atomic E-state index is 11.9. The molecule has 2 rings (SSSR count). The first kappa shape index (κ1) is 13.8. The van der Waals surface area contributed by atoms with Crippen LogP contribution in [0, 0.1) is 0 Å². The Bertz CT molecular complexity index is 488. The number of hydrogen-bond donors (Lipinski definition) is 3. The topological polar surface area (TPSA) is 93.6 Å². The van der Waals surface area contributed by atoms with Crippen molar-refractivity contribution >= 4 is 11.6 Å². The van der Waals surface area contributed by atoms with Gasteiger partial charge in [-0.3, -0.25) is 15.5 Å². The predicted molar refractivity (Wildman–Crippen MR) is 73.7 cm³/mol. The molecule has 0 spiro atoms. The number of nitrogens with two attached hydrogens (primary N) is 2. The van der Waals surface area contributed by atoms with Crippen LogP contribution in [0.2, 0.25) is 0 Å². The van der Waals surface area contributed by atoms with E-state index in [1.807, 2.05) is 18.2 Å². The molecule has 0 unspecified atom stereocenters. The Balaban J connectivity index is 2.44. The molecule has 1 amide bonds. The van der Waals surface area contributed by atoms with Gasteiger partial charge in [-0.05, 0) is 17.7 Å². The number of ether oxygens (including phenoxy) is 1. The molecule has 0 radical (unpaired) electrons. The van der Waals surface area contributed by atoms with E-state index in [-0.39, 0.29) is 24.6 Å². The molecule has 6 heteroatoms. The maximum absolute atomic E-state index is 11.9. The number of amides is 1. The van der Waals surface area contributed by atoms with E-state index in [2.05, 4.69) is 19.3 Å². The van der Waals surface area contributed by atoms with E-state index >= 15 is 0 Å². The van der Waals surface area contributed by atoms with Crippen LogP contribution in [-0.4, -0.2) is 25.7 Å². The molecule has 0 saturated heterocycles. The summed E-state index contributed by atoms with van der Waals surface area (Å²) in [5.41, 5.74) is 9.94. The van der Waals surface area contributed by atoms with Crippen molar-refractivity contribution in [2.75, 3.05) is 24.7 Å². The van der Waals surface area contributed by atoms with Gasteiger partial charge >= 0.3 is 0 Å². The number of fused-ring (bicyclic) bond motifs is 1. The average molecular weight is 264 g/mol. The van der Waals surface area contributed by atoms with Gasteiger partial charge in [-0.2, -0.15) is 0 Å². The number of carbonyl (C=O) groups is 1. The summed E-state index contributed by atoms with van der Waals surface area (Å²) in [5, 5.41) is 0. The Morgan fingerprint density at radius 1 is 1.47 bits per heavy atom. The lowest BCUT2D eigenvalue weighted by atomic mass is 9.84. The van der Waals surface area contributed by atoms with Crippen LogP contribution in [0.5, 0.6) is 5.75 Å². The highest BCUT2D eigenvalue weighted by atomic mass is 16.5. The molecule has 0 fully saturated rings. The number of hydrazine groups is 1. The molecule has 0 aromatic heterocycles. The molecule has 0 saturated carbocycles. The van der Waals surface area contributed by atoms with Crippen molar-refractivity contribution in [3.05, 3.63) is 23.8 Å². The maximum Gasteiger partial charge on any atom is 0.266 e. The molecule has 1 aromatic rings. The summed E-state index contributed by atoms with van der Waals surface area (Å²) in [6.45, 7) is 4.93. The fourth-order valence-electron chi connectivity index (χ4n) is 2.01. The molecule has 1 heterocycles. The highest BCUT2D eigenvalue weighted by Gasteiger charge is 2.27. The average Bonchev–Trinajstić information content (AvgIpc) is 2.41. The standard InChI is InChI=1S/C13H20N4O2/c1-13(2,7-14)9-3-4-11-10(5-9)17(8-16-15)12(18)6-19-11/h3-5,16H,6-8,14-15H2,1-2H3. The van der Waals surface area contributed by atoms with Gasteiger partial charge in [-0.1, -0.05) is 19.9 Å². The SMILES string of the molecule is CC(C)(CN)c1ccc2c(c1)N(CNN)C(=O)CO2. The van der Waals surface area contributed by atoms with Crippen LogP contribution in [0.15, 0.2) is 18.2 Å². The number of nitrogens with zero attached hydrogens (tertiary/aromatic N) is 1. The zero-order valence-electron chi connectivity index (χ0n) is 11.3. The van der Waals surface area contributed by atoms with Crippen LogP contribution in [0.4, 0.5) is 5.69 Å². The van der Waals surface area contributed by atoms with Gasteiger partial charge in [0.25, 0.3) is 5.91 Å². The molecular weight excluding hydrogens is 244 g/mol. The Kier molecular flexibility index (Phi) is 3.75. The van der Waals surface area contributed by atoms with Crippen LogP contribution >= 0.6 is 0 Å². The molecule has 0 aliphatic carbocycles. The number of rotatable bonds is 4. The molecule has 19 heavy (non-hydrogen) atoms.